The Kier molecular flexibility index (Phi) is 10.3. The lowest BCUT2D eigenvalue weighted by atomic mass is 9.97. The van der Waals surface area contributed by atoms with Crippen molar-refractivity contribution < 1.29 is 14.3 Å². The Morgan fingerprint density at radius 3 is 2.42 bits per heavy atom. The molecule has 0 amide bonds. The number of allylic oxidation sites excluding steroid dienone is 4. The zero-order valence-electron chi connectivity index (χ0n) is 16.3. The standard InChI is InChI=1S/C22H31NO3/c1-5-21(24)16-25-13-14-26-22-11-9-19(10-12-22)20(15-23)8-6-7-18(4)17(2)3/h6-12,15,17-18,23H,5,13-14,16H2,1-4H3/b7-6-,20-8+,23-15?. The van der Waals surface area contributed by atoms with Crippen LogP contribution in [0.25, 0.3) is 5.57 Å². The van der Waals surface area contributed by atoms with E-state index in [4.69, 9.17) is 14.9 Å². The van der Waals surface area contributed by atoms with E-state index in [9.17, 15) is 4.79 Å². The first-order valence-electron chi connectivity index (χ1n) is 9.19. The molecule has 0 aliphatic carbocycles. The fraction of sp³-hybridized carbons (Fsp3) is 0.455. The van der Waals surface area contributed by atoms with Crippen LogP contribution in [0.4, 0.5) is 0 Å². The van der Waals surface area contributed by atoms with Crippen LogP contribution in [0, 0.1) is 17.2 Å². The summed E-state index contributed by atoms with van der Waals surface area (Å²) in [5, 5.41) is 7.63. The molecule has 0 fully saturated rings. The van der Waals surface area contributed by atoms with Crippen molar-refractivity contribution in [3.63, 3.8) is 0 Å². The molecule has 26 heavy (non-hydrogen) atoms. The molecular formula is C22H31NO3. The molecule has 0 saturated heterocycles. The largest absolute Gasteiger partial charge is 0.491 e. The van der Waals surface area contributed by atoms with Gasteiger partial charge in [0.25, 0.3) is 0 Å². The van der Waals surface area contributed by atoms with E-state index in [0.717, 1.165) is 16.9 Å². The van der Waals surface area contributed by atoms with E-state index < -0.39 is 0 Å². The molecule has 0 aliphatic heterocycles. The number of ether oxygens (including phenoxy) is 2. The first-order chi connectivity index (χ1) is 12.5. The summed E-state index contributed by atoms with van der Waals surface area (Å²) in [5.41, 5.74) is 1.82. The number of carbonyl (C=O) groups is 1. The van der Waals surface area contributed by atoms with Crippen LogP contribution in [0.5, 0.6) is 5.75 Å². The summed E-state index contributed by atoms with van der Waals surface area (Å²) in [6.07, 6.45) is 8.00. The molecule has 1 aromatic rings. The maximum absolute atomic E-state index is 11.1. The second-order valence-electron chi connectivity index (χ2n) is 6.57. The van der Waals surface area contributed by atoms with Gasteiger partial charge in [-0.1, -0.05) is 58.1 Å². The van der Waals surface area contributed by atoms with Gasteiger partial charge in [0.2, 0.25) is 0 Å². The van der Waals surface area contributed by atoms with E-state index in [1.54, 1.807) is 0 Å². The molecule has 142 valence electrons. The third-order valence-corrected chi connectivity index (χ3v) is 4.24. The van der Waals surface area contributed by atoms with Crippen LogP contribution in [0.15, 0.2) is 42.5 Å². The fourth-order valence-corrected chi connectivity index (χ4v) is 2.03. The summed E-state index contributed by atoms with van der Waals surface area (Å²) in [7, 11) is 0. The lowest BCUT2D eigenvalue weighted by Gasteiger charge is -2.09. The summed E-state index contributed by atoms with van der Waals surface area (Å²) in [5.74, 6) is 1.94. The van der Waals surface area contributed by atoms with E-state index in [-0.39, 0.29) is 12.4 Å². The molecular weight excluding hydrogens is 326 g/mol. The number of ketones is 1. The van der Waals surface area contributed by atoms with Gasteiger partial charge in [-0.2, -0.15) is 0 Å². The quantitative estimate of drug-likeness (QED) is 0.327. The molecule has 0 saturated carbocycles. The number of hydrogen-bond acceptors (Lipinski definition) is 4. The van der Waals surface area contributed by atoms with Crippen molar-refractivity contribution in [1.29, 1.82) is 5.41 Å². The van der Waals surface area contributed by atoms with Crippen LogP contribution in [-0.4, -0.2) is 31.8 Å². The molecule has 4 heteroatoms. The minimum absolute atomic E-state index is 0.0946. The molecule has 0 bridgehead atoms. The molecule has 0 aromatic heterocycles. The van der Waals surface area contributed by atoms with Gasteiger partial charge in [-0.15, -0.1) is 0 Å². The maximum Gasteiger partial charge on any atom is 0.158 e. The number of nitrogens with one attached hydrogen (secondary N) is 1. The topological polar surface area (TPSA) is 59.4 Å². The minimum atomic E-state index is 0.0946. The second kappa shape index (κ2) is 12.2. The number of benzene rings is 1. The maximum atomic E-state index is 11.1. The van der Waals surface area contributed by atoms with Crippen LogP contribution in [0.1, 0.15) is 39.7 Å². The highest BCUT2D eigenvalue weighted by Crippen LogP contribution is 2.18. The second-order valence-corrected chi connectivity index (χ2v) is 6.57. The first-order valence-corrected chi connectivity index (χ1v) is 9.19. The SMILES string of the molecule is CCC(=O)COCCOc1ccc(/C(C=N)=C/C=C\C(C)C(C)C)cc1. The zero-order valence-corrected chi connectivity index (χ0v) is 16.3. The van der Waals surface area contributed by atoms with Crippen LogP contribution in [0.3, 0.4) is 0 Å². The summed E-state index contributed by atoms with van der Waals surface area (Å²) >= 11 is 0. The Labute approximate surface area is 157 Å². The Morgan fingerprint density at radius 2 is 1.85 bits per heavy atom. The molecule has 1 aromatic carbocycles. The number of Topliss-reactive ketones (excluding diaryl/α,β-unsaturated/α-hetero) is 1. The van der Waals surface area contributed by atoms with Gasteiger partial charge >= 0.3 is 0 Å². The van der Waals surface area contributed by atoms with Gasteiger partial charge in [0, 0.05) is 12.6 Å². The molecule has 0 heterocycles. The highest BCUT2D eigenvalue weighted by Gasteiger charge is 2.02. The highest BCUT2D eigenvalue weighted by molar-refractivity contribution is 6.08. The van der Waals surface area contributed by atoms with Gasteiger partial charge in [0.15, 0.2) is 5.78 Å². The first kappa shape index (κ1) is 21.8. The lowest BCUT2D eigenvalue weighted by Crippen LogP contribution is -2.12. The van der Waals surface area contributed by atoms with E-state index in [0.29, 0.717) is 31.5 Å². The van der Waals surface area contributed by atoms with Crippen molar-refractivity contribution >= 4 is 17.6 Å². The van der Waals surface area contributed by atoms with Crippen molar-refractivity contribution in [3.05, 3.63) is 48.1 Å². The van der Waals surface area contributed by atoms with Crippen molar-refractivity contribution in [2.24, 2.45) is 11.8 Å². The predicted octanol–water partition coefficient (Wildman–Crippen LogP) is 4.94. The van der Waals surface area contributed by atoms with E-state index in [1.165, 1.54) is 6.21 Å². The van der Waals surface area contributed by atoms with Gasteiger partial charge in [-0.3, -0.25) is 4.79 Å². The van der Waals surface area contributed by atoms with Crippen LogP contribution < -0.4 is 4.74 Å². The molecule has 1 atom stereocenters. The van der Waals surface area contributed by atoms with Crippen LogP contribution in [-0.2, 0) is 9.53 Å². The number of rotatable bonds is 12. The molecule has 0 radical (unpaired) electrons. The normalized spacial score (nSPS) is 13.2. The molecule has 0 spiro atoms. The average molecular weight is 357 g/mol. The lowest BCUT2D eigenvalue weighted by molar-refractivity contribution is -0.123. The number of hydrogen-bond donors (Lipinski definition) is 1. The highest BCUT2D eigenvalue weighted by atomic mass is 16.5. The van der Waals surface area contributed by atoms with Crippen molar-refractivity contribution in [1.82, 2.24) is 0 Å². The van der Waals surface area contributed by atoms with Crippen molar-refractivity contribution in [2.75, 3.05) is 19.8 Å². The number of carbonyl (C=O) groups excluding carboxylic acids is 1. The molecule has 1 unspecified atom stereocenters. The zero-order chi connectivity index (χ0) is 19.4. The third-order valence-electron chi connectivity index (χ3n) is 4.24. The Balaban J connectivity index is 2.53. The van der Waals surface area contributed by atoms with Gasteiger partial charge in [0.1, 0.15) is 19.0 Å². The van der Waals surface area contributed by atoms with Gasteiger partial charge in [-0.05, 0) is 35.1 Å². The predicted molar refractivity (Wildman–Crippen MR) is 108 cm³/mol. The molecule has 0 aliphatic rings. The van der Waals surface area contributed by atoms with Crippen molar-refractivity contribution in [3.8, 4) is 5.75 Å². The third kappa shape index (κ3) is 8.26. The monoisotopic (exact) mass is 357 g/mol. The smallest absolute Gasteiger partial charge is 0.158 e. The van der Waals surface area contributed by atoms with Crippen LogP contribution in [0.2, 0.25) is 0 Å². The molecule has 1 rings (SSSR count). The fourth-order valence-electron chi connectivity index (χ4n) is 2.03. The molecule has 1 N–H and O–H groups in total. The molecule has 4 nitrogen and oxygen atoms in total. The minimum Gasteiger partial charge on any atom is -0.491 e. The summed E-state index contributed by atoms with van der Waals surface area (Å²) in [6, 6.07) is 7.63. The van der Waals surface area contributed by atoms with Gasteiger partial charge in [0.05, 0.1) is 6.61 Å². The summed E-state index contributed by atoms with van der Waals surface area (Å²) in [4.78, 5) is 11.1. The van der Waals surface area contributed by atoms with Crippen LogP contribution >= 0.6 is 0 Å². The average Bonchev–Trinajstić information content (AvgIpc) is 2.65. The van der Waals surface area contributed by atoms with Gasteiger partial charge < -0.3 is 14.9 Å². The summed E-state index contributed by atoms with van der Waals surface area (Å²) < 4.78 is 10.8. The van der Waals surface area contributed by atoms with Crippen molar-refractivity contribution in [2.45, 2.75) is 34.1 Å². The summed E-state index contributed by atoms with van der Waals surface area (Å²) in [6.45, 7) is 9.34. The van der Waals surface area contributed by atoms with E-state index >= 15 is 0 Å². The Bertz CT molecular complexity index is 615. The Hall–Kier alpha value is -2.20. The Morgan fingerprint density at radius 1 is 1.15 bits per heavy atom. The van der Waals surface area contributed by atoms with E-state index in [2.05, 4.69) is 26.8 Å². The van der Waals surface area contributed by atoms with Gasteiger partial charge in [-0.25, -0.2) is 0 Å². The van der Waals surface area contributed by atoms with E-state index in [1.807, 2.05) is 43.3 Å².